The van der Waals surface area contributed by atoms with Crippen LogP contribution in [0.2, 0.25) is 0 Å². The third kappa shape index (κ3) is 2.55. The van der Waals surface area contributed by atoms with Crippen LogP contribution in [0, 0.1) is 11.6 Å². The highest BCUT2D eigenvalue weighted by molar-refractivity contribution is 5.81. The molecule has 0 spiro atoms. The van der Waals surface area contributed by atoms with Crippen molar-refractivity contribution in [1.82, 2.24) is 15.0 Å². The predicted octanol–water partition coefficient (Wildman–Crippen LogP) is 3.07. The van der Waals surface area contributed by atoms with Crippen LogP contribution < -0.4 is 5.73 Å². The molecule has 0 saturated carbocycles. The molecule has 0 radical (unpaired) electrons. The summed E-state index contributed by atoms with van der Waals surface area (Å²) >= 11 is 0. The molecule has 2 N–H and O–H groups in total. The van der Waals surface area contributed by atoms with E-state index >= 15 is 0 Å². The van der Waals surface area contributed by atoms with Crippen molar-refractivity contribution >= 4 is 5.82 Å². The maximum atomic E-state index is 13.9. The molecule has 0 atom stereocenters. The number of pyridine rings is 3. The van der Waals surface area contributed by atoms with Crippen LogP contribution in [0.1, 0.15) is 0 Å². The van der Waals surface area contributed by atoms with E-state index in [1.165, 1.54) is 24.5 Å². The van der Waals surface area contributed by atoms with Gasteiger partial charge in [-0.25, -0.2) is 13.8 Å². The van der Waals surface area contributed by atoms with Gasteiger partial charge in [0.2, 0.25) is 0 Å². The number of anilines is 1. The molecule has 0 unspecified atom stereocenters. The van der Waals surface area contributed by atoms with Gasteiger partial charge in [-0.3, -0.25) is 9.97 Å². The molecule has 0 aliphatic rings. The normalized spacial score (nSPS) is 10.6. The fraction of sp³-hybridized carbons (Fsp3) is 0. The molecule has 0 saturated heterocycles. The summed E-state index contributed by atoms with van der Waals surface area (Å²) in [5.74, 6) is -0.736. The summed E-state index contributed by atoms with van der Waals surface area (Å²) in [5, 5.41) is 0. The van der Waals surface area contributed by atoms with E-state index in [1.54, 1.807) is 12.1 Å². The van der Waals surface area contributed by atoms with E-state index in [2.05, 4.69) is 15.0 Å². The molecule has 0 aliphatic heterocycles. The van der Waals surface area contributed by atoms with Crippen molar-refractivity contribution in [2.45, 2.75) is 0 Å². The first-order valence-electron chi connectivity index (χ1n) is 6.12. The van der Waals surface area contributed by atoms with E-state index in [4.69, 9.17) is 5.73 Å². The zero-order valence-corrected chi connectivity index (χ0v) is 10.8. The van der Waals surface area contributed by atoms with Crippen LogP contribution in [0.25, 0.3) is 22.4 Å². The van der Waals surface area contributed by atoms with Crippen molar-refractivity contribution in [3.8, 4) is 22.4 Å². The average molecular weight is 284 g/mol. The zero-order chi connectivity index (χ0) is 14.8. The Morgan fingerprint density at radius 3 is 2.52 bits per heavy atom. The highest BCUT2D eigenvalue weighted by Gasteiger charge is 2.14. The van der Waals surface area contributed by atoms with Gasteiger partial charge in [0.05, 0.1) is 18.1 Å². The minimum absolute atomic E-state index is 0.257. The summed E-state index contributed by atoms with van der Waals surface area (Å²) in [6, 6.07) is 6.00. The van der Waals surface area contributed by atoms with Crippen LogP contribution in [0.4, 0.5) is 14.6 Å². The molecule has 4 nitrogen and oxygen atoms in total. The monoisotopic (exact) mass is 284 g/mol. The maximum absolute atomic E-state index is 13.9. The van der Waals surface area contributed by atoms with E-state index in [0.717, 1.165) is 12.4 Å². The molecule has 6 heteroatoms. The summed E-state index contributed by atoms with van der Waals surface area (Å²) in [4.78, 5) is 11.7. The quantitative estimate of drug-likeness (QED) is 0.785. The molecular formula is C15H10F2N4. The Labute approximate surface area is 119 Å². The van der Waals surface area contributed by atoms with Gasteiger partial charge >= 0.3 is 0 Å². The summed E-state index contributed by atoms with van der Waals surface area (Å²) in [5.41, 5.74) is 7.29. The highest BCUT2D eigenvalue weighted by Crippen LogP contribution is 2.32. The van der Waals surface area contributed by atoms with E-state index < -0.39 is 11.6 Å². The van der Waals surface area contributed by atoms with E-state index in [0.29, 0.717) is 22.4 Å². The van der Waals surface area contributed by atoms with Crippen molar-refractivity contribution in [2.75, 3.05) is 5.73 Å². The van der Waals surface area contributed by atoms with Gasteiger partial charge in [-0.05, 0) is 24.3 Å². The SMILES string of the molecule is Nc1ccc(-c2ccncc2F)c(-c2cncc(F)c2)n1. The third-order valence-corrected chi connectivity index (χ3v) is 2.96. The van der Waals surface area contributed by atoms with E-state index in [9.17, 15) is 8.78 Å². The molecule has 3 rings (SSSR count). The van der Waals surface area contributed by atoms with E-state index in [1.807, 2.05) is 0 Å². The molecule has 3 heterocycles. The van der Waals surface area contributed by atoms with Crippen LogP contribution in [0.3, 0.4) is 0 Å². The second kappa shape index (κ2) is 5.24. The largest absolute Gasteiger partial charge is 0.384 e. The summed E-state index contributed by atoms with van der Waals surface area (Å²) in [7, 11) is 0. The standard InChI is InChI=1S/C15H10F2N4/c16-10-5-9(6-20-7-10)15-12(1-2-14(18)21-15)11-3-4-19-8-13(11)17/h1-8H,(H2,18,21). The third-order valence-electron chi connectivity index (χ3n) is 2.96. The van der Waals surface area contributed by atoms with Gasteiger partial charge in [0.1, 0.15) is 17.5 Å². The lowest BCUT2D eigenvalue weighted by molar-refractivity contribution is 0.622. The summed E-state index contributed by atoms with van der Waals surface area (Å²) in [6.45, 7) is 0. The van der Waals surface area contributed by atoms with Crippen molar-refractivity contribution in [3.05, 3.63) is 60.7 Å². The Balaban J connectivity index is 2.25. The van der Waals surface area contributed by atoms with Gasteiger partial charge in [0, 0.05) is 29.1 Å². The predicted molar refractivity (Wildman–Crippen MR) is 75.0 cm³/mol. The molecule has 0 bridgehead atoms. The number of rotatable bonds is 2. The fourth-order valence-corrected chi connectivity index (χ4v) is 2.05. The molecule has 0 aliphatic carbocycles. The van der Waals surface area contributed by atoms with Crippen molar-refractivity contribution in [3.63, 3.8) is 0 Å². The molecule has 104 valence electrons. The van der Waals surface area contributed by atoms with Crippen LogP contribution in [0.15, 0.2) is 49.1 Å². The second-order valence-corrected chi connectivity index (χ2v) is 4.38. The minimum atomic E-state index is -0.502. The minimum Gasteiger partial charge on any atom is -0.384 e. The molecular weight excluding hydrogens is 274 g/mol. The lowest BCUT2D eigenvalue weighted by Gasteiger charge is -2.10. The first-order valence-corrected chi connectivity index (χ1v) is 6.12. The van der Waals surface area contributed by atoms with Gasteiger partial charge in [-0.15, -0.1) is 0 Å². The van der Waals surface area contributed by atoms with Crippen LogP contribution >= 0.6 is 0 Å². The Hall–Kier alpha value is -2.89. The molecule has 0 aromatic carbocycles. The Bertz CT molecular complexity index is 805. The molecule has 3 aromatic heterocycles. The number of hydrogen-bond donors (Lipinski definition) is 1. The van der Waals surface area contributed by atoms with Crippen LogP contribution in [0.5, 0.6) is 0 Å². The van der Waals surface area contributed by atoms with Gasteiger partial charge in [0.25, 0.3) is 0 Å². The molecule has 21 heavy (non-hydrogen) atoms. The number of nitrogens with zero attached hydrogens (tertiary/aromatic N) is 3. The highest BCUT2D eigenvalue weighted by atomic mass is 19.1. The van der Waals surface area contributed by atoms with E-state index in [-0.39, 0.29) is 5.82 Å². The van der Waals surface area contributed by atoms with Crippen molar-refractivity contribution in [1.29, 1.82) is 0 Å². The number of nitrogens with two attached hydrogens (primary N) is 1. The number of halogens is 2. The summed E-state index contributed by atoms with van der Waals surface area (Å²) < 4.78 is 27.3. The lowest BCUT2D eigenvalue weighted by atomic mass is 10.0. The fourth-order valence-electron chi connectivity index (χ4n) is 2.05. The van der Waals surface area contributed by atoms with Gasteiger partial charge in [-0.2, -0.15) is 0 Å². The first kappa shape index (κ1) is 13.1. The molecule has 0 amide bonds. The first-order chi connectivity index (χ1) is 10.1. The smallest absolute Gasteiger partial charge is 0.149 e. The Morgan fingerprint density at radius 1 is 0.905 bits per heavy atom. The Morgan fingerprint density at radius 2 is 1.76 bits per heavy atom. The topological polar surface area (TPSA) is 64.7 Å². The van der Waals surface area contributed by atoms with Crippen LogP contribution in [-0.2, 0) is 0 Å². The number of aromatic nitrogens is 3. The molecule has 3 aromatic rings. The summed E-state index contributed by atoms with van der Waals surface area (Å²) in [6.07, 6.45) is 5.12. The Kier molecular flexibility index (Phi) is 3.27. The van der Waals surface area contributed by atoms with Gasteiger partial charge in [0.15, 0.2) is 0 Å². The number of hydrogen-bond acceptors (Lipinski definition) is 4. The van der Waals surface area contributed by atoms with Gasteiger partial charge < -0.3 is 5.73 Å². The van der Waals surface area contributed by atoms with Gasteiger partial charge in [-0.1, -0.05) is 0 Å². The van der Waals surface area contributed by atoms with Crippen LogP contribution in [-0.4, -0.2) is 15.0 Å². The van der Waals surface area contributed by atoms with Crippen molar-refractivity contribution < 1.29 is 8.78 Å². The lowest BCUT2D eigenvalue weighted by Crippen LogP contribution is -1.97. The molecule has 0 fully saturated rings. The average Bonchev–Trinajstić information content (AvgIpc) is 2.48. The van der Waals surface area contributed by atoms with Crippen molar-refractivity contribution in [2.24, 2.45) is 0 Å². The number of nitrogen functional groups attached to an aromatic ring is 1. The maximum Gasteiger partial charge on any atom is 0.149 e. The zero-order valence-electron chi connectivity index (χ0n) is 10.8. The second-order valence-electron chi connectivity index (χ2n) is 4.38.